The highest BCUT2D eigenvalue weighted by Crippen LogP contribution is 2.28. The zero-order valence-electron chi connectivity index (χ0n) is 6.99. The molecule has 2 rings (SSSR count). The molecule has 0 saturated carbocycles. The molecule has 0 unspecified atom stereocenters. The summed E-state index contributed by atoms with van der Waals surface area (Å²) in [6.07, 6.45) is 0. The quantitative estimate of drug-likeness (QED) is 0.854. The van der Waals surface area contributed by atoms with Crippen molar-refractivity contribution in [3.05, 3.63) is 21.3 Å². The minimum Gasteiger partial charge on any atom is -0.384 e. The lowest BCUT2D eigenvalue weighted by molar-refractivity contribution is 0.782. The van der Waals surface area contributed by atoms with Gasteiger partial charge < -0.3 is 5.73 Å². The van der Waals surface area contributed by atoms with E-state index < -0.39 is 0 Å². The number of hydrogen-bond acceptors (Lipinski definition) is 3. The van der Waals surface area contributed by atoms with E-state index in [-0.39, 0.29) is 0 Å². The zero-order valence-corrected chi connectivity index (χ0v) is 9.39. The third-order valence-electron chi connectivity index (χ3n) is 1.78. The third kappa shape index (κ3) is 1.62. The summed E-state index contributed by atoms with van der Waals surface area (Å²) in [7, 11) is 1.83. The largest absolute Gasteiger partial charge is 0.384 e. The summed E-state index contributed by atoms with van der Waals surface area (Å²) in [5, 5.41) is 6.32. The Morgan fingerprint density at radius 2 is 2.31 bits per heavy atom. The highest BCUT2D eigenvalue weighted by molar-refractivity contribution is 9.11. The predicted octanol–water partition coefficient (Wildman–Crippen LogP) is 2.49. The van der Waals surface area contributed by atoms with E-state index in [1.807, 2.05) is 24.6 Å². The normalized spacial score (nSPS) is 10.6. The van der Waals surface area contributed by atoms with Crippen molar-refractivity contribution in [1.82, 2.24) is 9.78 Å². The highest BCUT2D eigenvalue weighted by Gasteiger charge is 2.05. The van der Waals surface area contributed by atoms with Crippen molar-refractivity contribution >= 4 is 33.1 Å². The third-order valence-corrected chi connectivity index (χ3v) is 3.28. The number of nitrogens with two attached hydrogens (primary N) is 1. The standard InChI is InChI=1S/C8H8BrN3S/c1-12-8(10)3-6(11-12)5-2-7(9)13-4-5/h2-4H,10H2,1H3. The summed E-state index contributed by atoms with van der Waals surface area (Å²) in [5.74, 6) is 0.678. The van der Waals surface area contributed by atoms with Crippen LogP contribution in [-0.2, 0) is 7.05 Å². The second-order valence-electron chi connectivity index (χ2n) is 2.72. The van der Waals surface area contributed by atoms with Gasteiger partial charge in [0, 0.05) is 24.1 Å². The number of rotatable bonds is 1. The Hall–Kier alpha value is -0.810. The average Bonchev–Trinajstić information content (AvgIpc) is 2.61. The first-order valence-corrected chi connectivity index (χ1v) is 5.38. The van der Waals surface area contributed by atoms with Gasteiger partial charge in [-0.15, -0.1) is 11.3 Å². The van der Waals surface area contributed by atoms with Gasteiger partial charge in [0.1, 0.15) is 5.82 Å². The Morgan fingerprint density at radius 3 is 2.77 bits per heavy atom. The number of aromatic nitrogens is 2. The lowest BCUT2D eigenvalue weighted by Gasteiger charge is -1.89. The van der Waals surface area contributed by atoms with E-state index in [1.165, 1.54) is 0 Å². The molecule has 0 aliphatic heterocycles. The fourth-order valence-electron chi connectivity index (χ4n) is 1.07. The number of halogens is 1. The van der Waals surface area contributed by atoms with E-state index in [0.29, 0.717) is 5.82 Å². The SMILES string of the molecule is Cn1nc(-c2csc(Br)c2)cc1N. The number of hydrogen-bond donors (Lipinski definition) is 1. The molecule has 2 N–H and O–H groups in total. The van der Waals surface area contributed by atoms with Crippen LogP contribution >= 0.6 is 27.3 Å². The fraction of sp³-hybridized carbons (Fsp3) is 0.125. The first-order chi connectivity index (χ1) is 6.16. The van der Waals surface area contributed by atoms with Crippen LogP contribution in [-0.4, -0.2) is 9.78 Å². The molecule has 0 radical (unpaired) electrons. The van der Waals surface area contributed by atoms with Gasteiger partial charge in [-0.3, -0.25) is 4.68 Å². The van der Waals surface area contributed by atoms with Crippen LogP contribution in [0.4, 0.5) is 5.82 Å². The Kier molecular flexibility index (Phi) is 2.13. The molecule has 0 atom stereocenters. The van der Waals surface area contributed by atoms with Gasteiger partial charge in [-0.25, -0.2) is 0 Å². The van der Waals surface area contributed by atoms with Gasteiger partial charge in [-0.2, -0.15) is 5.10 Å². The van der Waals surface area contributed by atoms with Crippen LogP contribution in [0.15, 0.2) is 21.3 Å². The van der Waals surface area contributed by atoms with Gasteiger partial charge in [0.15, 0.2) is 0 Å². The summed E-state index contributed by atoms with van der Waals surface area (Å²) in [6.45, 7) is 0. The van der Waals surface area contributed by atoms with Crippen molar-refractivity contribution in [1.29, 1.82) is 0 Å². The number of thiophene rings is 1. The van der Waals surface area contributed by atoms with E-state index in [0.717, 1.165) is 15.0 Å². The first kappa shape index (κ1) is 8.77. The van der Waals surface area contributed by atoms with Crippen molar-refractivity contribution in [3.63, 3.8) is 0 Å². The molecule has 2 heterocycles. The summed E-state index contributed by atoms with van der Waals surface area (Å²) < 4.78 is 2.77. The van der Waals surface area contributed by atoms with Crippen molar-refractivity contribution in [3.8, 4) is 11.3 Å². The molecule has 2 aromatic heterocycles. The van der Waals surface area contributed by atoms with Crippen LogP contribution in [0.2, 0.25) is 0 Å². The van der Waals surface area contributed by atoms with Gasteiger partial charge in [-0.1, -0.05) is 0 Å². The minimum atomic E-state index is 0.678. The van der Waals surface area contributed by atoms with Crippen LogP contribution < -0.4 is 5.73 Å². The lowest BCUT2D eigenvalue weighted by atomic mass is 10.2. The molecule has 0 spiro atoms. The summed E-state index contributed by atoms with van der Waals surface area (Å²) in [6, 6.07) is 3.90. The van der Waals surface area contributed by atoms with E-state index in [4.69, 9.17) is 5.73 Å². The molecule has 0 saturated heterocycles. The molecule has 13 heavy (non-hydrogen) atoms. The van der Waals surface area contributed by atoms with Crippen LogP contribution in [0.3, 0.4) is 0 Å². The number of aryl methyl sites for hydroxylation is 1. The van der Waals surface area contributed by atoms with Crippen molar-refractivity contribution in [2.24, 2.45) is 7.05 Å². The van der Waals surface area contributed by atoms with Crippen molar-refractivity contribution < 1.29 is 0 Å². The topological polar surface area (TPSA) is 43.8 Å². The second-order valence-corrected chi connectivity index (χ2v) is 5.01. The molecule has 0 aliphatic rings. The van der Waals surface area contributed by atoms with Crippen molar-refractivity contribution in [2.45, 2.75) is 0 Å². The van der Waals surface area contributed by atoms with Crippen LogP contribution in [0.25, 0.3) is 11.3 Å². The Labute approximate surface area is 88.3 Å². The molecule has 0 aromatic carbocycles. The molecule has 0 bridgehead atoms. The molecule has 0 amide bonds. The van der Waals surface area contributed by atoms with Crippen molar-refractivity contribution in [2.75, 3.05) is 5.73 Å². The van der Waals surface area contributed by atoms with Crippen LogP contribution in [0.1, 0.15) is 0 Å². The molecule has 5 heteroatoms. The smallest absolute Gasteiger partial charge is 0.121 e. The molecule has 2 aromatic rings. The first-order valence-electron chi connectivity index (χ1n) is 3.71. The Balaban J connectivity index is 2.46. The molecule has 68 valence electrons. The number of nitrogens with zero attached hydrogens (tertiary/aromatic N) is 2. The monoisotopic (exact) mass is 257 g/mol. The van der Waals surface area contributed by atoms with Gasteiger partial charge in [0.05, 0.1) is 9.48 Å². The van der Waals surface area contributed by atoms with Gasteiger partial charge in [0.2, 0.25) is 0 Å². The number of nitrogen functional groups attached to an aromatic ring is 1. The van der Waals surface area contributed by atoms with Crippen LogP contribution in [0, 0.1) is 0 Å². The minimum absolute atomic E-state index is 0.678. The van der Waals surface area contributed by atoms with Crippen LogP contribution in [0.5, 0.6) is 0 Å². The van der Waals surface area contributed by atoms with E-state index in [9.17, 15) is 0 Å². The Morgan fingerprint density at radius 1 is 1.54 bits per heavy atom. The molecular formula is C8H8BrN3S. The zero-order chi connectivity index (χ0) is 9.42. The van der Waals surface area contributed by atoms with E-state index >= 15 is 0 Å². The van der Waals surface area contributed by atoms with Gasteiger partial charge >= 0.3 is 0 Å². The predicted molar refractivity (Wildman–Crippen MR) is 58.6 cm³/mol. The molecular weight excluding hydrogens is 250 g/mol. The highest BCUT2D eigenvalue weighted by atomic mass is 79.9. The average molecular weight is 258 g/mol. The van der Waals surface area contributed by atoms with E-state index in [2.05, 4.69) is 21.0 Å². The maximum atomic E-state index is 5.68. The molecule has 3 nitrogen and oxygen atoms in total. The number of anilines is 1. The van der Waals surface area contributed by atoms with E-state index in [1.54, 1.807) is 16.0 Å². The molecule has 0 fully saturated rings. The molecule has 0 aliphatic carbocycles. The summed E-state index contributed by atoms with van der Waals surface area (Å²) in [4.78, 5) is 0. The second kappa shape index (κ2) is 3.16. The maximum Gasteiger partial charge on any atom is 0.121 e. The Bertz CT molecular complexity index is 413. The van der Waals surface area contributed by atoms with Gasteiger partial charge in [0.25, 0.3) is 0 Å². The summed E-state index contributed by atoms with van der Waals surface area (Å²) in [5.41, 5.74) is 7.70. The maximum absolute atomic E-state index is 5.68. The summed E-state index contributed by atoms with van der Waals surface area (Å²) >= 11 is 5.05. The lowest BCUT2D eigenvalue weighted by Crippen LogP contribution is -1.96. The van der Waals surface area contributed by atoms with Gasteiger partial charge in [-0.05, 0) is 22.0 Å². The fourth-order valence-corrected chi connectivity index (χ4v) is 2.22.